The molecule has 1 amide bonds. The number of nitrogens with zero attached hydrogens (tertiary/aromatic N) is 3. The van der Waals surface area contributed by atoms with Crippen LogP contribution in [0.3, 0.4) is 0 Å². The Bertz CT molecular complexity index is 1210. The van der Waals surface area contributed by atoms with E-state index < -0.39 is 26.0 Å². The van der Waals surface area contributed by atoms with Crippen LogP contribution in [0.15, 0.2) is 57.4 Å². The number of carbonyl (C=O) groups is 1. The van der Waals surface area contributed by atoms with Crippen LogP contribution in [-0.4, -0.2) is 61.7 Å². The smallest absolute Gasteiger partial charge is 0.268 e. The maximum atomic E-state index is 12.9. The van der Waals surface area contributed by atoms with Gasteiger partial charge in [0.15, 0.2) is 0 Å². The van der Waals surface area contributed by atoms with Crippen molar-refractivity contribution in [2.75, 3.05) is 19.3 Å². The predicted molar refractivity (Wildman–Crippen MR) is 121 cm³/mol. The van der Waals surface area contributed by atoms with Crippen LogP contribution in [0.1, 0.15) is 42.5 Å². The van der Waals surface area contributed by atoms with Gasteiger partial charge >= 0.3 is 0 Å². The van der Waals surface area contributed by atoms with E-state index in [4.69, 9.17) is 0 Å². The third-order valence-electron chi connectivity index (χ3n) is 5.93. The molecule has 0 N–H and O–H groups in total. The van der Waals surface area contributed by atoms with Crippen LogP contribution < -0.4 is 0 Å². The largest absolute Gasteiger partial charge is 0.269 e. The topological polar surface area (TPSA) is 105 Å². The number of benzene rings is 1. The number of carbonyl (C=O) groups excluding carboxylic acids is 1. The number of thioether (sulfide) groups is 1. The first-order valence-electron chi connectivity index (χ1n) is 10.5. The molecule has 4 rings (SSSR count). The van der Waals surface area contributed by atoms with E-state index in [2.05, 4.69) is 4.98 Å². The lowest BCUT2D eigenvalue weighted by molar-refractivity contribution is 0.0876. The minimum absolute atomic E-state index is 0.00661. The Labute approximate surface area is 193 Å². The normalized spacial score (nSPS) is 18.8. The van der Waals surface area contributed by atoms with Crippen molar-refractivity contribution in [3.63, 3.8) is 0 Å². The van der Waals surface area contributed by atoms with E-state index in [9.17, 15) is 21.6 Å². The van der Waals surface area contributed by atoms with Crippen molar-refractivity contribution in [1.82, 2.24) is 13.6 Å². The van der Waals surface area contributed by atoms with E-state index in [0.717, 1.165) is 36.4 Å². The Balaban J connectivity index is 1.38. The molecule has 1 aliphatic heterocycles. The van der Waals surface area contributed by atoms with Gasteiger partial charge in [-0.25, -0.2) is 26.1 Å². The third kappa shape index (κ3) is 4.30. The minimum Gasteiger partial charge on any atom is -0.268 e. The second-order valence-electron chi connectivity index (χ2n) is 7.87. The molecule has 0 bridgehead atoms. The first kappa shape index (κ1) is 23.2. The quantitative estimate of drug-likeness (QED) is 0.544. The zero-order chi connectivity index (χ0) is 22.9. The van der Waals surface area contributed by atoms with E-state index in [1.165, 1.54) is 40.5 Å². The highest BCUT2D eigenvalue weighted by molar-refractivity contribution is 7.99. The van der Waals surface area contributed by atoms with Gasteiger partial charge in [-0.05, 0) is 37.1 Å². The fraction of sp³-hybridized carbons (Fsp3) is 0.429. The molecular formula is C21H25N3O5S3. The molecule has 0 unspecified atom stereocenters. The number of rotatable bonds is 7. The van der Waals surface area contributed by atoms with Crippen molar-refractivity contribution in [1.29, 1.82) is 0 Å². The molecule has 32 heavy (non-hydrogen) atoms. The van der Waals surface area contributed by atoms with Crippen LogP contribution >= 0.6 is 11.8 Å². The Kier molecular flexibility index (Phi) is 6.62. The maximum absolute atomic E-state index is 12.9. The second kappa shape index (κ2) is 9.12. The molecule has 0 saturated heterocycles. The summed E-state index contributed by atoms with van der Waals surface area (Å²) in [5.74, 6) is -0.221. The Morgan fingerprint density at radius 2 is 1.84 bits per heavy atom. The maximum Gasteiger partial charge on any atom is 0.269 e. The van der Waals surface area contributed by atoms with Crippen LogP contribution in [0, 0.1) is 0 Å². The second-order valence-corrected chi connectivity index (χ2v) is 12.8. The van der Waals surface area contributed by atoms with Crippen molar-refractivity contribution < 1.29 is 21.6 Å². The van der Waals surface area contributed by atoms with Crippen LogP contribution in [-0.2, 0) is 20.0 Å². The molecule has 1 fully saturated rings. The average molecular weight is 496 g/mol. The number of fused-ring (bicyclic) bond motifs is 1. The van der Waals surface area contributed by atoms with Crippen LogP contribution in [0.25, 0.3) is 0 Å². The highest BCUT2D eigenvalue weighted by Crippen LogP contribution is 2.31. The summed E-state index contributed by atoms with van der Waals surface area (Å²) in [7, 11) is -5.82. The Morgan fingerprint density at radius 3 is 2.50 bits per heavy atom. The monoisotopic (exact) mass is 495 g/mol. The van der Waals surface area contributed by atoms with E-state index in [1.54, 1.807) is 25.2 Å². The van der Waals surface area contributed by atoms with Crippen LogP contribution in [0.2, 0.25) is 0 Å². The van der Waals surface area contributed by atoms with Crippen molar-refractivity contribution in [3.8, 4) is 0 Å². The van der Waals surface area contributed by atoms with E-state index in [0.29, 0.717) is 10.8 Å². The van der Waals surface area contributed by atoms with Gasteiger partial charge in [0.25, 0.3) is 15.9 Å². The summed E-state index contributed by atoms with van der Waals surface area (Å²) in [6.45, 7) is 0.00661. The van der Waals surface area contributed by atoms with Gasteiger partial charge in [0, 0.05) is 31.6 Å². The van der Waals surface area contributed by atoms with Crippen molar-refractivity contribution in [2.24, 2.45) is 0 Å². The van der Waals surface area contributed by atoms with Crippen LogP contribution in [0.4, 0.5) is 0 Å². The van der Waals surface area contributed by atoms with Gasteiger partial charge in [-0.2, -0.15) is 4.31 Å². The van der Waals surface area contributed by atoms with E-state index in [1.807, 2.05) is 0 Å². The molecule has 2 aliphatic rings. The van der Waals surface area contributed by atoms with Gasteiger partial charge < -0.3 is 0 Å². The molecule has 0 radical (unpaired) electrons. The third-order valence-corrected chi connectivity index (χ3v) is 10.6. The average Bonchev–Trinajstić information content (AvgIpc) is 3.00. The number of aromatic nitrogens is 1. The van der Waals surface area contributed by atoms with Crippen LogP contribution in [0.5, 0.6) is 0 Å². The summed E-state index contributed by atoms with van der Waals surface area (Å²) in [5.41, 5.74) is 0.187. The summed E-state index contributed by atoms with van der Waals surface area (Å²) < 4.78 is 53.4. The molecular weight excluding hydrogens is 470 g/mol. The molecule has 2 aromatic rings. The van der Waals surface area contributed by atoms with Gasteiger partial charge in [0.1, 0.15) is 9.79 Å². The molecule has 11 heteroatoms. The lowest BCUT2D eigenvalue weighted by Gasteiger charge is -2.30. The molecule has 8 nitrogen and oxygen atoms in total. The predicted octanol–water partition coefficient (Wildman–Crippen LogP) is 2.97. The Morgan fingerprint density at radius 1 is 1.12 bits per heavy atom. The molecule has 1 aliphatic carbocycles. The Hall–Kier alpha value is -1.95. The van der Waals surface area contributed by atoms with Crippen molar-refractivity contribution in [2.45, 2.75) is 53.0 Å². The molecule has 0 atom stereocenters. The number of pyridine rings is 1. The lowest BCUT2D eigenvalue weighted by atomic mass is 9.96. The molecule has 1 saturated carbocycles. The SMILES string of the molecule is CN(C1CCCCC1)S(=O)(=O)c1ccc(SCCN2C(=O)c3ccccc3S2(=O)=O)nc1. The fourth-order valence-electron chi connectivity index (χ4n) is 4.10. The fourth-order valence-corrected chi connectivity index (χ4v) is 7.92. The molecule has 172 valence electrons. The molecule has 2 heterocycles. The number of sulfonamides is 2. The first-order valence-corrected chi connectivity index (χ1v) is 14.3. The summed E-state index contributed by atoms with van der Waals surface area (Å²) in [6.07, 6.45) is 6.31. The summed E-state index contributed by atoms with van der Waals surface area (Å²) in [4.78, 5) is 16.9. The highest BCUT2D eigenvalue weighted by Gasteiger charge is 2.40. The minimum atomic E-state index is -3.83. The summed E-state index contributed by atoms with van der Waals surface area (Å²) >= 11 is 1.27. The van der Waals surface area contributed by atoms with Gasteiger partial charge in [-0.1, -0.05) is 31.4 Å². The number of hydrogen-bond acceptors (Lipinski definition) is 7. The van der Waals surface area contributed by atoms with E-state index >= 15 is 0 Å². The lowest BCUT2D eigenvalue weighted by Crippen LogP contribution is -2.38. The molecule has 0 spiro atoms. The summed E-state index contributed by atoms with van der Waals surface area (Å²) in [5, 5.41) is 0.561. The van der Waals surface area contributed by atoms with Crippen molar-refractivity contribution >= 4 is 37.7 Å². The molecule has 1 aromatic heterocycles. The van der Waals surface area contributed by atoms with Gasteiger partial charge in [0.05, 0.1) is 10.6 Å². The number of amides is 1. The van der Waals surface area contributed by atoms with E-state index in [-0.39, 0.29) is 27.9 Å². The number of hydrogen-bond donors (Lipinski definition) is 0. The first-order chi connectivity index (χ1) is 15.2. The van der Waals surface area contributed by atoms with Crippen molar-refractivity contribution in [3.05, 3.63) is 48.2 Å². The van der Waals surface area contributed by atoms with Gasteiger partial charge in [0.2, 0.25) is 10.0 Å². The zero-order valence-corrected chi connectivity index (χ0v) is 20.1. The highest BCUT2D eigenvalue weighted by atomic mass is 32.2. The van der Waals surface area contributed by atoms with Gasteiger partial charge in [-0.3, -0.25) is 4.79 Å². The van der Waals surface area contributed by atoms with Gasteiger partial charge in [-0.15, -0.1) is 11.8 Å². The molecule has 1 aromatic carbocycles. The zero-order valence-electron chi connectivity index (χ0n) is 17.7. The summed E-state index contributed by atoms with van der Waals surface area (Å²) in [6, 6.07) is 9.32. The standard InChI is InChI=1S/C21H25N3O5S3/c1-23(16-7-3-2-4-8-16)31(26,27)17-11-12-20(22-15-17)30-14-13-24-21(25)18-9-5-6-10-19(18)32(24,28)29/h5-6,9-12,15-16H,2-4,7-8,13-14H2,1H3.